The molecule has 1 N–H and O–H groups in total. The molecule has 0 spiro atoms. The summed E-state index contributed by atoms with van der Waals surface area (Å²) in [4.78, 5) is 10.8. The van der Waals surface area contributed by atoms with Crippen LogP contribution < -0.4 is 5.32 Å². The van der Waals surface area contributed by atoms with Gasteiger partial charge in [-0.1, -0.05) is 28.1 Å². The Morgan fingerprint density at radius 3 is 2.87 bits per heavy atom. The van der Waals surface area contributed by atoms with Crippen molar-refractivity contribution in [2.75, 3.05) is 13.7 Å². The molecule has 0 saturated carbocycles. The van der Waals surface area contributed by atoms with E-state index in [1.54, 1.807) is 0 Å². The van der Waals surface area contributed by atoms with Crippen LogP contribution in [0.2, 0.25) is 0 Å². The third-order valence-electron chi connectivity index (χ3n) is 2.02. The Balaban J connectivity index is 2.47. The number of carbonyl (C=O) groups excluding carboxylic acids is 1. The van der Waals surface area contributed by atoms with E-state index in [-0.39, 0.29) is 12.5 Å². The molecule has 0 amide bonds. The van der Waals surface area contributed by atoms with Crippen molar-refractivity contribution < 1.29 is 9.53 Å². The largest absolute Gasteiger partial charge is 0.468 e. The number of esters is 1. The Kier molecular flexibility index (Phi) is 4.78. The average molecular weight is 272 g/mol. The van der Waals surface area contributed by atoms with Crippen molar-refractivity contribution in [3.05, 3.63) is 33.8 Å². The first kappa shape index (κ1) is 12.2. The second-order valence-electron chi connectivity index (χ2n) is 3.27. The van der Waals surface area contributed by atoms with Crippen molar-refractivity contribution in [3.63, 3.8) is 0 Å². The highest BCUT2D eigenvalue weighted by atomic mass is 79.9. The summed E-state index contributed by atoms with van der Waals surface area (Å²) in [6.07, 6.45) is 0. The number of ether oxygens (including phenoxy) is 1. The van der Waals surface area contributed by atoms with E-state index in [4.69, 9.17) is 0 Å². The quantitative estimate of drug-likeness (QED) is 0.852. The molecular weight excluding hydrogens is 258 g/mol. The zero-order valence-electron chi connectivity index (χ0n) is 8.84. The molecule has 0 aliphatic heterocycles. The predicted octanol–water partition coefficient (Wildman–Crippen LogP) is 2.02. The number of aryl methyl sites for hydroxylation is 1. The normalized spacial score (nSPS) is 10.1. The highest BCUT2D eigenvalue weighted by Crippen LogP contribution is 2.17. The first-order chi connectivity index (χ1) is 7.13. The molecule has 0 saturated heterocycles. The second-order valence-corrected chi connectivity index (χ2v) is 4.13. The fourth-order valence-corrected chi connectivity index (χ4v) is 1.80. The van der Waals surface area contributed by atoms with Crippen molar-refractivity contribution in [2.45, 2.75) is 13.5 Å². The molecule has 0 fully saturated rings. The van der Waals surface area contributed by atoms with Gasteiger partial charge in [-0.3, -0.25) is 4.79 Å². The van der Waals surface area contributed by atoms with Crippen molar-refractivity contribution in [1.82, 2.24) is 5.32 Å². The molecule has 0 bridgehead atoms. The molecule has 0 aromatic heterocycles. The standard InChI is InChI=1S/C11H14BrNO2/c1-8-3-4-9(10(12)5-8)6-13-7-11(14)15-2/h3-5,13H,6-7H2,1-2H3. The molecule has 0 atom stereocenters. The minimum Gasteiger partial charge on any atom is -0.468 e. The number of benzene rings is 1. The SMILES string of the molecule is COC(=O)CNCc1ccc(C)cc1Br. The molecule has 1 aromatic rings. The lowest BCUT2D eigenvalue weighted by Gasteiger charge is -2.06. The zero-order chi connectivity index (χ0) is 11.3. The highest BCUT2D eigenvalue weighted by Gasteiger charge is 2.02. The zero-order valence-corrected chi connectivity index (χ0v) is 10.4. The number of nitrogens with one attached hydrogen (secondary N) is 1. The predicted molar refractivity (Wildman–Crippen MR) is 62.6 cm³/mol. The molecule has 3 nitrogen and oxygen atoms in total. The topological polar surface area (TPSA) is 38.3 Å². The van der Waals surface area contributed by atoms with E-state index in [1.165, 1.54) is 12.7 Å². The van der Waals surface area contributed by atoms with Crippen LogP contribution >= 0.6 is 15.9 Å². The van der Waals surface area contributed by atoms with Gasteiger partial charge in [0.15, 0.2) is 0 Å². The maximum atomic E-state index is 10.8. The number of hydrogen-bond donors (Lipinski definition) is 1. The van der Waals surface area contributed by atoms with Gasteiger partial charge in [0, 0.05) is 11.0 Å². The van der Waals surface area contributed by atoms with E-state index in [1.807, 2.05) is 19.1 Å². The van der Waals surface area contributed by atoms with Gasteiger partial charge in [-0.05, 0) is 24.1 Å². The van der Waals surface area contributed by atoms with Crippen LogP contribution in [0.4, 0.5) is 0 Å². The number of methoxy groups -OCH3 is 1. The summed E-state index contributed by atoms with van der Waals surface area (Å²) in [5.74, 6) is -0.252. The second kappa shape index (κ2) is 5.88. The maximum Gasteiger partial charge on any atom is 0.319 e. The molecule has 0 aliphatic carbocycles. The lowest BCUT2D eigenvalue weighted by molar-refractivity contribution is -0.139. The summed E-state index contributed by atoms with van der Waals surface area (Å²) in [7, 11) is 1.38. The molecule has 0 unspecified atom stereocenters. The van der Waals surface area contributed by atoms with Gasteiger partial charge in [0.1, 0.15) is 0 Å². The minimum absolute atomic E-state index is 0.233. The molecule has 0 aliphatic rings. The van der Waals surface area contributed by atoms with Crippen LogP contribution in [0.15, 0.2) is 22.7 Å². The Bertz CT molecular complexity index is 352. The van der Waals surface area contributed by atoms with Gasteiger partial charge in [0.05, 0.1) is 13.7 Å². The average Bonchev–Trinajstić information content (AvgIpc) is 2.21. The number of hydrogen-bond acceptors (Lipinski definition) is 3. The van der Waals surface area contributed by atoms with Gasteiger partial charge in [0.25, 0.3) is 0 Å². The van der Waals surface area contributed by atoms with Crippen LogP contribution in [0.1, 0.15) is 11.1 Å². The van der Waals surface area contributed by atoms with E-state index >= 15 is 0 Å². The summed E-state index contributed by atoms with van der Waals surface area (Å²) in [5, 5.41) is 3.01. The van der Waals surface area contributed by atoms with E-state index in [9.17, 15) is 4.79 Å². The van der Waals surface area contributed by atoms with E-state index in [0.717, 1.165) is 10.0 Å². The number of carbonyl (C=O) groups is 1. The molecule has 1 aromatic carbocycles. The van der Waals surface area contributed by atoms with Crippen LogP contribution in [0.25, 0.3) is 0 Å². The molecule has 1 rings (SSSR count). The third-order valence-corrected chi connectivity index (χ3v) is 2.76. The Morgan fingerprint density at radius 1 is 1.53 bits per heavy atom. The molecule has 15 heavy (non-hydrogen) atoms. The van der Waals surface area contributed by atoms with Crippen LogP contribution in [-0.2, 0) is 16.1 Å². The van der Waals surface area contributed by atoms with Crippen LogP contribution in [0.5, 0.6) is 0 Å². The lowest BCUT2D eigenvalue weighted by atomic mass is 10.1. The molecule has 4 heteroatoms. The van der Waals surface area contributed by atoms with Gasteiger partial charge < -0.3 is 10.1 Å². The smallest absolute Gasteiger partial charge is 0.319 e. The van der Waals surface area contributed by atoms with Crippen LogP contribution in [0, 0.1) is 6.92 Å². The summed E-state index contributed by atoms with van der Waals surface area (Å²) in [6.45, 7) is 2.92. The Hall–Kier alpha value is -0.870. The van der Waals surface area contributed by atoms with Gasteiger partial charge in [0.2, 0.25) is 0 Å². The van der Waals surface area contributed by atoms with Crippen molar-refractivity contribution in [1.29, 1.82) is 0 Å². The lowest BCUT2D eigenvalue weighted by Crippen LogP contribution is -2.23. The molecule has 82 valence electrons. The minimum atomic E-state index is -0.252. The fraction of sp³-hybridized carbons (Fsp3) is 0.364. The monoisotopic (exact) mass is 271 g/mol. The Morgan fingerprint density at radius 2 is 2.27 bits per heavy atom. The van der Waals surface area contributed by atoms with Crippen LogP contribution in [-0.4, -0.2) is 19.6 Å². The van der Waals surface area contributed by atoms with Crippen molar-refractivity contribution >= 4 is 21.9 Å². The summed E-state index contributed by atoms with van der Waals surface area (Å²) in [6, 6.07) is 6.12. The number of halogens is 1. The fourth-order valence-electron chi connectivity index (χ4n) is 1.17. The van der Waals surface area contributed by atoms with E-state index in [0.29, 0.717) is 6.54 Å². The van der Waals surface area contributed by atoms with Crippen molar-refractivity contribution in [2.24, 2.45) is 0 Å². The molecular formula is C11H14BrNO2. The summed E-state index contributed by atoms with van der Waals surface area (Å²) >= 11 is 3.48. The van der Waals surface area contributed by atoms with Gasteiger partial charge >= 0.3 is 5.97 Å². The third kappa shape index (κ3) is 4.01. The van der Waals surface area contributed by atoms with E-state index in [2.05, 4.69) is 32.0 Å². The van der Waals surface area contributed by atoms with Crippen LogP contribution in [0.3, 0.4) is 0 Å². The molecule has 0 heterocycles. The van der Waals surface area contributed by atoms with Gasteiger partial charge in [-0.25, -0.2) is 0 Å². The highest BCUT2D eigenvalue weighted by molar-refractivity contribution is 9.10. The first-order valence-corrected chi connectivity index (χ1v) is 5.45. The Labute approximate surface area is 97.9 Å². The van der Waals surface area contributed by atoms with Gasteiger partial charge in [-0.15, -0.1) is 0 Å². The number of rotatable bonds is 4. The van der Waals surface area contributed by atoms with E-state index < -0.39 is 0 Å². The first-order valence-electron chi connectivity index (χ1n) is 4.66. The van der Waals surface area contributed by atoms with Crippen molar-refractivity contribution in [3.8, 4) is 0 Å². The summed E-state index contributed by atoms with van der Waals surface area (Å²) in [5.41, 5.74) is 2.34. The maximum absolute atomic E-state index is 10.8. The summed E-state index contributed by atoms with van der Waals surface area (Å²) < 4.78 is 5.58. The molecule has 0 radical (unpaired) electrons. The van der Waals surface area contributed by atoms with Gasteiger partial charge in [-0.2, -0.15) is 0 Å².